The van der Waals surface area contributed by atoms with Crippen molar-refractivity contribution in [2.24, 2.45) is 0 Å². The molecule has 0 aliphatic carbocycles. The summed E-state index contributed by atoms with van der Waals surface area (Å²) in [5, 5.41) is 4.00. The Morgan fingerprint density at radius 1 is 1.23 bits per heavy atom. The van der Waals surface area contributed by atoms with Crippen molar-refractivity contribution in [1.29, 1.82) is 0 Å². The van der Waals surface area contributed by atoms with Gasteiger partial charge in [0, 0.05) is 43.6 Å². The highest BCUT2D eigenvalue weighted by Crippen LogP contribution is 2.31. The summed E-state index contributed by atoms with van der Waals surface area (Å²) < 4.78 is 32.4. The van der Waals surface area contributed by atoms with Gasteiger partial charge in [0.05, 0.1) is 4.90 Å². The Morgan fingerprint density at radius 3 is 2.55 bits per heavy atom. The summed E-state index contributed by atoms with van der Waals surface area (Å²) in [5.74, 6) is 1.05. The maximum Gasteiger partial charge on any atom is 0.243 e. The second-order valence-corrected chi connectivity index (χ2v) is 10.7. The number of aryl methyl sites for hydroxylation is 2. The number of benzene rings is 1. The van der Waals surface area contributed by atoms with Gasteiger partial charge in [0.2, 0.25) is 21.8 Å². The summed E-state index contributed by atoms with van der Waals surface area (Å²) in [6, 6.07) is 5.08. The summed E-state index contributed by atoms with van der Waals surface area (Å²) in [4.78, 5) is 19.4. The van der Waals surface area contributed by atoms with Crippen LogP contribution >= 0.6 is 0 Å². The van der Waals surface area contributed by atoms with Gasteiger partial charge in [-0.3, -0.25) is 4.79 Å². The molecule has 0 fully saturated rings. The molecule has 0 saturated carbocycles. The van der Waals surface area contributed by atoms with E-state index in [9.17, 15) is 13.2 Å². The number of hydrogen-bond acceptors (Lipinski definition) is 6. The van der Waals surface area contributed by atoms with Crippen molar-refractivity contribution < 1.29 is 17.7 Å². The third-order valence-electron chi connectivity index (χ3n) is 5.51. The molecule has 1 amide bonds. The topological polar surface area (TPSA) is 96.6 Å². The first kappa shape index (κ1) is 23.4. The van der Waals surface area contributed by atoms with Crippen molar-refractivity contribution in [2.75, 3.05) is 24.5 Å². The molecule has 2 heterocycles. The smallest absolute Gasteiger partial charge is 0.243 e. The minimum Gasteiger partial charge on any atom is -0.339 e. The monoisotopic (exact) mass is 448 g/mol. The molecule has 3 rings (SSSR count). The van der Waals surface area contributed by atoms with E-state index in [-0.39, 0.29) is 22.6 Å². The zero-order valence-electron chi connectivity index (χ0n) is 19.0. The maximum atomic E-state index is 12.9. The van der Waals surface area contributed by atoms with E-state index >= 15 is 0 Å². The minimum atomic E-state index is -3.53. The fourth-order valence-electron chi connectivity index (χ4n) is 3.72. The van der Waals surface area contributed by atoms with Crippen LogP contribution in [0.1, 0.15) is 64.7 Å². The van der Waals surface area contributed by atoms with Gasteiger partial charge in [0.15, 0.2) is 5.82 Å². The molecular weight excluding hydrogens is 416 g/mol. The second kappa shape index (κ2) is 9.08. The molecular formula is C22H32N4O4S. The van der Waals surface area contributed by atoms with Gasteiger partial charge in [-0.1, -0.05) is 39.8 Å². The lowest BCUT2D eigenvalue weighted by Crippen LogP contribution is -2.36. The zero-order chi connectivity index (χ0) is 22.8. The molecule has 0 unspecified atom stereocenters. The van der Waals surface area contributed by atoms with E-state index in [0.717, 1.165) is 24.1 Å². The highest BCUT2D eigenvalue weighted by Gasteiger charge is 2.27. The third kappa shape index (κ3) is 4.98. The molecule has 8 nitrogen and oxygen atoms in total. The molecule has 0 radical (unpaired) electrons. The zero-order valence-corrected chi connectivity index (χ0v) is 19.8. The average Bonchev–Trinajstić information content (AvgIpc) is 3.21. The molecule has 0 spiro atoms. The van der Waals surface area contributed by atoms with Gasteiger partial charge in [0.25, 0.3) is 0 Å². The summed E-state index contributed by atoms with van der Waals surface area (Å²) in [6.07, 6.45) is 2.18. The summed E-state index contributed by atoms with van der Waals surface area (Å²) >= 11 is 0. The Labute approximate surface area is 184 Å². The molecule has 1 aliphatic heterocycles. The van der Waals surface area contributed by atoms with Crippen LogP contribution < -0.4 is 4.90 Å². The fraction of sp³-hybridized carbons (Fsp3) is 0.591. The second-order valence-electron chi connectivity index (χ2n) is 8.79. The number of sulfonamides is 1. The van der Waals surface area contributed by atoms with Crippen LogP contribution in [0.4, 0.5) is 5.69 Å². The highest BCUT2D eigenvalue weighted by molar-refractivity contribution is 7.89. The Bertz CT molecular complexity index is 1040. The van der Waals surface area contributed by atoms with E-state index in [4.69, 9.17) is 4.52 Å². The van der Waals surface area contributed by atoms with Gasteiger partial charge in [0.1, 0.15) is 0 Å². The Morgan fingerprint density at radius 2 is 1.94 bits per heavy atom. The molecule has 0 saturated heterocycles. The predicted octanol–water partition coefficient (Wildman–Crippen LogP) is 3.31. The quantitative estimate of drug-likeness (QED) is 0.645. The number of nitrogens with zero attached hydrogens (tertiary/aromatic N) is 4. The van der Waals surface area contributed by atoms with E-state index in [1.807, 2.05) is 34.6 Å². The number of carbonyl (C=O) groups excluding carboxylic acids is 1. The van der Waals surface area contributed by atoms with Crippen molar-refractivity contribution in [3.63, 3.8) is 0 Å². The van der Waals surface area contributed by atoms with Crippen LogP contribution in [0.25, 0.3) is 0 Å². The van der Waals surface area contributed by atoms with Crippen LogP contribution in [0.5, 0.6) is 0 Å². The molecule has 2 aromatic rings. The molecule has 0 N–H and O–H groups in total. The van der Waals surface area contributed by atoms with Gasteiger partial charge >= 0.3 is 0 Å². The molecule has 1 aromatic heterocycles. The molecule has 1 aromatic carbocycles. The van der Waals surface area contributed by atoms with Gasteiger partial charge in [-0.15, -0.1) is 0 Å². The van der Waals surface area contributed by atoms with E-state index < -0.39 is 10.0 Å². The SMILES string of the molecule is CCN(CC)S(=O)(=O)c1ccc2c(c1)CCCN2C(=O)CCc1nc(C(C)(C)C)no1. The first-order valence-corrected chi connectivity index (χ1v) is 12.3. The fourth-order valence-corrected chi connectivity index (χ4v) is 5.22. The number of rotatable bonds is 7. The van der Waals surface area contributed by atoms with Crippen LogP contribution in [0.2, 0.25) is 0 Å². The normalized spacial score (nSPS) is 14.7. The van der Waals surface area contributed by atoms with E-state index in [2.05, 4.69) is 10.1 Å². The molecule has 9 heteroatoms. The standard InChI is InChI=1S/C22H32N4O4S/c1-6-25(7-2)31(28,29)17-10-11-18-16(15-17)9-8-14-26(18)20(27)13-12-19-23-21(24-30-19)22(3,4)5/h10-11,15H,6-9,12-14H2,1-5H3. The molecule has 170 valence electrons. The van der Waals surface area contributed by atoms with Crippen LogP contribution in [-0.4, -0.2) is 48.4 Å². The number of aromatic nitrogens is 2. The van der Waals surface area contributed by atoms with E-state index in [1.54, 1.807) is 23.1 Å². The summed E-state index contributed by atoms with van der Waals surface area (Å²) in [7, 11) is -3.53. The van der Waals surface area contributed by atoms with E-state index in [1.165, 1.54) is 4.31 Å². The van der Waals surface area contributed by atoms with Gasteiger partial charge in [-0.2, -0.15) is 9.29 Å². The Hall–Kier alpha value is -2.26. The third-order valence-corrected chi connectivity index (χ3v) is 7.55. The minimum absolute atomic E-state index is 0.0317. The lowest BCUT2D eigenvalue weighted by atomic mass is 9.96. The molecule has 31 heavy (non-hydrogen) atoms. The van der Waals surface area contributed by atoms with Gasteiger partial charge in [-0.25, -0.2) is 8.42 Å². The largest absolute Gasteiger partial charge is 0.339 e. The van der Waals surface area contributed by atoms with Crippen LogP contribution in [0, 0.1) is 0 Å². The average molecular weight is 449 g/mol. The number of anilines is 1. The van der Waals surface area contributed by atoms with Crippen molar-refractivity contribution >= 4 is 21.6 Å². The van der Waals surface area contributed by atoms with Crippen molar-refractivity contribution in [1.82, 2.24) is 14.4 Å². The summed E-state index contributed by atoms with van der Waals surface area (Å²) in [5.41, 5.74) is 1.47. The highest BCUT2D eigenvalue weighted by atomic mass is 32.2. The first-order chi connectivity index (χ1) is 14.6. The lowest BCUT2D eigenvalue weighted by Gasteiger charge is -2.30. The number of fused-ring (bicyclic) bond motifs is 1. The van der Waals surface area contributed by atoms with Crippen LogP contribution in [-0.2, 0) is 33.1 Å². The van der Waals surface area contributed by atoms with Crippen molar-refractivity contribution in [3.05, 3.63) is 35.5 Å². The van der Waals surface area contributed by atoms with Crippen molar-refractivity contribution in [2.45, 2.75) is 70.6 Å². The molecule has 1 aliphatic rings. The van der Waals surface area contributed by atoms with Gasteiger partial charge < -0.3 is 9.42 Å². The number of carbonyl (C=O) groups is 1. The molecule has 0 atom stereocenters. The van der Waals surface area contributed by atoms with E-state index in [0.29, 0.717) is 37.8 Å². The predicted molar refractivity (Wildman–Crippen MR) is 119 cm³/mol. The van der Waals surface area contributed by atoms with Crippen molar-refractivity contribution in [3.8, 4) is 0 Å². The lowest BCUT2D eigenvalue weighted by molar-refractivity contribution is -0.118. The first-order valence-electron chi connectivity index (χ1n) is 10.8. The number of hydrogen-bond donors (Lipinski definition) is 0. The Kier molecular flexibility index (Phi) is 6.85. The Balaban J connectivity index is 1.75. The van der Waals surface area contributed by atoms with Crippen LogP contribution in [0.15, 0.2) is 27.6 Å². The molecule has 0 bridgehead atoms. The number of amides is 1. The summed E-state index contributed by atoms with van der Waals surface area (Å²) in [6.45, 7) is 11.1. The van der Waals surface area contributed by atoms with Crippen LogP contribution in [0.3, 0.4) is 0 Å². The maximum absolute atomic E-state index is 12.9. The van der Waals surface area contributed by atoms with Gasteiger partial charge in [-0.05, 0) is 36.6 Å².